The molecule has 0 aliphatic carbocycles. The van der Waals surface area contributed by atoms with Gasteiger partial charge in [-0.15, -0.1) is 0 Å². The van der Waals surface area contributed by atoms with Crippen LogP contribution in [0.4, 0.5) is 10.5 Å². The number of rotatable bonds is 6. The lowest BCUT2D eigenvalue weighted by atomic mass is 10.1. The van der Waals surface area contributed by atoms with E-state index >= 15 is 0 Å². The van der Waals surface area contributed by atoms with Crippen LogP contribution in [-0.4, -0.2) is 33.7 Å². The second-order valence-electron chi connectivity index (χ2n) is 6.93. The van der Waals surface area contributed by atoms with E-state index in [0.717, 1.165) is 0 Å². The summed E-state index contributed by atoms with van der Waals surface area (Å²) in [6.07, 6.45) is -0.996. The van der Waals surface area contributed by atoms with Crippen molar-refractivity contribution in [3.63, 3.8) is 0 Å². The van der Waals surface area contributed by atoms with Gasteiger partial charge in [0.15, 0.2) is 0 Å². The Bertz CT molecular complexity index is 902. The van der Waals surface area contributed by atoms with E-state index in [4.69, 9.17) is 20.8 Å². The van der Waals surface area contributed by atoms with Gasteiger partial charge in [-0.1, -0.05) is 11.6 Å². The highest BCUT2D eigenvalue weighted by Crippen LogP contribution is 2.31. The van der Waals surface area contributed by atoms with Gasteiger partial charge in [0, 0.05) is 18.1 Å². The predicted octanol–water partition coefficient (Wildman–Crippen LogP) is 4.03. The van der Waals surface area contributed by atoms with Crippen molar-refractivity contribution in [3.05, 3.63) is 51.2 Å². The van der Waals surface area contributed by atoms with E-state index in [2.05, 4.69) is 5.32 Å². The highest BCUT2D eigenvalue weighted by Gasteiger charge is 2.25. The molecule has 0 radical (unpaired) electrons. The van der Waals surface area contributed by atoms with Gasteiger partial charge in [-0.25, -0.2) is 9.59 Å². The van der Waals surface area contributed by atoms with E-state index in [-0.39, 0.29) is 22.9 Å². The van der Waals surface area contributed by atoms with Gasteiger partial charge in [0.2, 0.25) is 0 Å². The van der Waals surface area contributed by atoms with Crippen molar-refractivity contribution < 1.29 is 28.8 Å². The molecule has 0 saturated carbocycles. The maximum atomic E-state index is 11.8. The molecule has 0 spiro atoms. The molecule has 1 atom stereocenters. The van der Waals surface area contributed by atoms with E-state index in [1.165, 1.54) is 18.2 Å². The number of benzene rings is 1. The Balaban J connectivity index is 2.16. The molecule has 0 bridgehead atoms. The van der Waals surface area contributed by atoms with Crippen LogP contribution < -0.4 is 5.32 Å². The van der Waals surface area contributed by atoms with Crippen LogP contribution in [0.5, 0.6) is 0 Å². The minimum atomic E-state index is -1.27. The van der Waals surface area contributed by atoms with Crippen molar-refractivity contribution in [2.24, 2.45) is 0 Å². The van der Waals surface area contributed by atoms with Crippen LogP contribution >= 0.6 is 11.6 Å². The van der Waals surface area contributed by atoms with Gasteiger partial charge in [0.05, 0.1) is 4.92 Å². The van der Waals surface area contributed by atoms with Crippen molar-refractivity contribution in [1.29, 1.82) is 0 Å². The monoisotopic (exact) mass is 410 g/mol. The predicted molar refractivity (Wildman–Crippen MR) is 100 cm³/mol. The van der Waals surface area contributed by atoms with Crippen LogP contribution in [0, 0.1) is 10.1 Å². The highest BCUT2D eigenvalue weighted by molar-refractivity contribution is 6.32. The van der Waals surface area contributed by atoms with Crippen molar-refractivity contribution in [2.45, 2.75) is 38.8 Å². The number of nitro benzene ring substituents is 1. The molecule has 28 heavy (non-hydrogen) atoms. The Morgan fingerprint density at radius 1 is 1.32 bits per heavy atom. The number of furan rings is 1. The zero-order valence-electron chi connectivity index (χ0n) is 15.4. The molecule has 1 aromatic carbocycles. The maximum absolute atomic E-state index is 11.8. The largest absolute Gasteiger partial charge is 0.480 e. The molecule has 0 aliphatic rings. The Morgan fingerprint density at radius 2 is 2.00 bits per heavy atom. The number of halogens is 1. The fraction of sp³-hybridized carbons (Fsp3) is 0.333. The average molecular weight is 411 g/mol. The number of alkyl carbamates (subject to hydrolysis) is 1. The number of carboxylic acid groups (broad SMARTS) is 1. The first-order valence-electron chi connectivity index (χ1n) is 8.21. The Kier molecular flexibility index (Phi) is 6.30. The molecule has 150 valence electrons. The van der Waals surface area contributed by atoms with Crippen LogP contribution in [-0.2, 0) is 16.0 Å². The zero-order chi connectivity index (χ0) is 21.1. The van der Waals surface area contributed by atoms with Crippen molar-refractivity contribution in [3.8, 4) is 11.3 Å². The summed E-state index contributed by atoms with van der Waals surface area (Å²) in [5.74, 6) is -0.682. The average Bonchev–Trinajstić information content (AvgIpc) is 3.01. The normalized spacial score (nSPS) is 12.3. The molecule has 0 aliphatic heterocycles. The highest BCUT2D eigenvalue weighted by atomic mass is 35.5. The lowest BCUT2D eigenvalue weighted by molar-refractivity contribution is -0.384. The third-order valence-corrected chi connectivity index (χ3v) is 3.80. The van der Waals surface area contributed by atoms with Gasteiger partial charge in [-0.3, -0.25) is 10.1 Å². The summed E-state index contributed by atoms with van der Waals surface area (Å²) in [5.41, 5.74) is -0.629. The van der Waals surface area contributed by atoms with E-state index in [0.29, 0.717) is 11.3 Å². The van der Waals surface area contributed by atoms with Gasteiger partial charge < -0.3 is 19.6 Å². The molecule has 10 heteroatoms. The van der Waals surface area contributed by atoms with Gasteiger partial charge in [0.1, 0.15) is 28.2 Å². The number of nitro groups is 1. The standard InChI is InChI=1S/C18H19ClN2O7/c1-18(2,3)28-17(24)20-13(16(22)23)9-11-5-7-15(27-11)10-4-6-12(19)14(8-10)21(25)26/h4-8,13H,9H2,1-3H3,(H,20,24)(H,22,23). The SMILES string of the molecule is CC(C)(C)OC(=O)NC(Cc1ccc(-c2ccc(Cl)c([N+](=O)[O-])c2)o1)C(=O)O. The molecule has 0 fully saturated rings. The lowest BCUT2D eigenvalue weighted by Crippen LogP contribution is -2.44. The zero-order valence-corrected chi connectivity index (χ0v) is 16.1. The van der Waals surface area contributed by atoms with Gasteiger partial charge in [-0.2, -0.15) is 0 Å². The second-order valence-corrected chi connectivity index (χ2v) is 7.34. The second kappa shape index (κ2) is 8.30. The molecule has 1 amide bonds. The number of amides is 1. The summed E-state index contributed by atoms with van der Waals surface area (Å²) in [5, 5.41) is 22.6. The topological polar surface area (TPSA) is 132 Å². The number of carboxylic acids is 1. The molecule has 0 saturated heterocycles. The van der Waals surface area contributed by atoms with Crippen LogP contribution in [0.25, 0.3) is 11.3 Å². The van der Waals surface area contributed by atoms with E-state index in [9.17, 15) is 24.8 Å². The van der Waals surface area contributed by atoms with E-state index in [1.54, 1.807) is 32.9 Å². The maximum Gasteiger partial charge on any atom is 0.408 e. The molecular weight excluding hydrogens is 392 g/mol. The van der Waals surface area contributed by atoms with Gasteiger partial charge in [0.25, 0.3) is 5.69 Å². The molecule has 1 heterocycles. The van der Waals surface area contributed by atoms with Crippen LogP contribution in [0.3, 0.4) is 0 Å². The molecule has 2 rings (SSSR count). The third-order valence-electron chi connectivity index (χ3n) is 3.48. The number of nitrogens with one attached hydrogen (secondary N) is 1. The fourth-order valence-electron chi connectivity index (χ4n) is 2.30. The number of nitrogens with zero attached hydrogens (tertiary/aromatic N) is 1. The van der Waals surface area contributed by atoms with Crippen LogP contribution in [0.1, 0.15) is 26.5 Å². The summed E-state index contributed by atoms with van der Waals surface area (Å²) >= 11 is 5.79. The lowest BCUT2D eigenvalue weighted by Gasteiger charge is -2.21. The van der Waals surface area contributed by atoms with Crippen molar-refractivity contribution >= 4 is 29.4 Å². The molecule has 1 unspecified atom stereocenters. The van der Waals surface area contributed by atoms with E-state index < -0.39 is 28.6 Å². The first kappa shape index (κ1) is 21.2. The number of ether oxygens (including phenoxy) is 1. The minimum Gasteiger partial charge on any atom is -0.480 e. The Labute approximate surface area is 165 Å². The molecule has 2 N–H and O–H groups in total. The quantitative estimate of drug-likeness (QED) is 0.542. The number of aliphatic carboxylic acids is 1. The number of carbonyl (C=O) groups is 2. The summed E-state index contributed by atoms with van der Waals surface area (Å²) in [4.78, 5) is 33.7. The first-order chi connectivity index (χ1) is 13.0. The van der Waals surface area contributed by atoms with E-state index in [1.807, 2.05) is 0 Å². The van der Waals surface area contributed by atoms with Crippen LogP contribution in [0.2, 0.25) is 5.02 Å². The van der Waals surface area contributed by atoms with Crippen molar-refractivity contribution in [2.75, 3.05) is 0 Å². The molecular formula is C18H19ClN2O7. The summed E-state index contributed by atoms with van der Waals surface area (Å²) in [6, 6.07) is 6.00. The first-order valence-corrected chi connectivity index (χ1v) is 8.59. The Hall–Kier alpha value is -3.07. The molecule has 9 nitrogen and oxygen atoms in total. The van der Waals surface area contributed by atoms with Gasteiger partial charge >= 0.3 is 12.1 Å². The molecule has 1 aromatic heterocycles. The number of carbonyl (C=O) groups excluding carboxylic acids is 1. The van der Waals surface area contributed by atoms with Crippen molar-refractivity contribution in [1.82, 2.24) is 5.32 Å². The Morgan fingerprint density at radius 3 is 2.57 bits per heavy atom. The number of hydrogen-bond donors (Lipinski definition) is 2. The minimum absolute atomic E-state index is 0.00645. The summed E-state index contributed by atoms with van der Waals surface area (Å²) in [7, 11) is 0. The summed E-state index contributed by atoms with van der Waals surface area (Å²) in [6.45, 7) is 4.98. The van der Waals surface area contributed by atoms with Gasteiger partial charge in [-0.05, 0) is 45.0 Å². The summed E-state index contributed by atoms with van der Waals surface area (Å²) < 4.78 is 10.6. The third kappa shape index (κ3) is 5.71. The smallest absolute Gasteiger partial charge is 0.408 e. The number of hydrogen-bond acceptors (Lipinski definition) is 6. The molecule has 2 aromatic rings. The fourth-order valence-corrected chi connectivity index (χ4v) is 2.49. The van der Waals surface area contributed by atoms with Crippen LogP contribution in [0.15, 0.2) is 34.7 Å².